The van der Waals surface area contributed by atoms with Crippen molar-refractivity contribution < 1.29 is 14.0 Å². The molecule has 0 aliphatic rings. The molecule has 2 aromatic carbocycles. The molecular weight excluding hydrogens is 321 g/mol. The first-order valence-electron chi connectivity index (χ1n) is 8.24. The molecule has 0 saturated carbocycles. The lowest BCUT2D eigenvalue weighted by atomic mass is 10.0. The van der Waals surface area contributed by atoms with E-state index in [4.69, 9.17) is 9.63 Å². The van der Waals surface area contributed by atoms with Gasteiger partial charge in [-0.3, -0.25) is 0 Å². The molecule has 5 nitrogen and oxygen atoms in total. The van der Waals surface area contributed by atoms with E-state index in [-0.39, 0.29) is 18.5 Å². The van der Waals surface area contributed by atoms with Gasteiger partial charge in [-0.2, -0.15) is 4.98 Å². The maximum atomic E-state index is 13.0. The number of aliphatic hydroxyl groups excluding tert-OH is 1. The van der Waals surface area contributed by atoms with Crippen LogP contribution in [0.1, 0.15) is 30.3 Å². The predicted octanol–water partition coefficient (Wildman–Crippen LogP) is 3.48. The number of benzene rings is 2. The Balaban J connectivity index is 1.66. The van der Waals surface area contributed by atoms with Crippen LogP contribution in [0.25, 0.3) is 11.4 Å². The van der Waals surface area contributed by atoms with Crippen molar-refractivity contribution in [1.29, 1.82) is 0 Å². The average molecular weight is 341 g/mol. The molecule has 25 heavy (non-hydrogen) atoms. The summed E-state index contributed by atoms with van der Waals surface area (Å²) in [5.41, 5.74) is 1.85. The SMILES string of the molecule is OCCCC(NCc1nc(-c2ccc(F)cc2)no1)c1ccccc1. The van der Waals surface area contributed by atoms with Crippen LogP contribution in [0.2, 0.25) is 0 Å². The summed E-state index contributed by atoms with van der Waals surface area (Å²) in [7, 11) is 0. The van der Waals surface area contributed by atoms with Crippen LogP contribution in [0.4, 0.5) is 4.39 Å². The first-order chi connectivity index (χ1) is 12.3. The number of halogens is 1. The van der Waals surface area contributed by atoms with Crippen LogP contribution < -0.4 is 5.32 Å². The van der Waals surface area contributed by atoms with Crippen molar-refractivity contribution in [2.75, 3.05) is 6.61 Å². The van der Waals surface area contributed by atoms with Gasteiger partial charge in [-0.25, -0.2) is 4.39 Å². The molecule has 1 heterocycles. The number of nitrogens with one attached hydrogen (secondary N) is 1. The standard InChI is InChI=1S/C19H20FN3O2/c20-16-10-8-15(9-11-16)19-22-18(25-23-19)13-21-17(7-4-12-24)14-5-2-1-3-6-14/h1-3,5-6,8-11,17,21,24H,4,7,12-13H2. The van der Waals surface area contributed by atoms with Crippen LogP contribution in [0, 0.1) is 5.82 Å². The van der Waals surface area contributed by atoms with E-state index in [1.807, 2.05) is 30.3 Å². The quantitative estimate of drug-likeness (QED) is 0.656. The first kappa shape index (κ1) is 17.3. The van der Waals surface area contributed by atoms with Gasteiger partial charge in [0.05, 0.1) is 6.54 Å². The van der Waals surface area contributed by atoms with Gasteiger partial charge < -0.3 is 14.9 Å². The molecule has 0 aliphatic carbocycles. The Kier molecular flexibility index (Phi) is 5.87. The second kappa shape index (κ2) is 8.50. The maximum Gasteiger partial charge on any atom is 0.240 e. The fraction of sp³-hybridized carbons (Fsp3) is 0.263. The fourth-order valence-corrected chi connectivity index (χ4v) is 2.62. The predicted molar refractivity (Wildman–Crippen MR) is 92.0 cm³/mol. The lowest BCUT2D eigenvalue weighted by molar-refractivity contribution is 0.272. The number of hydrogen-bond donors (Lipinski definition) is 2. The molecule has 1 aromatic heterocycles. The van der Waals surface area contributed by atoms with Gasteiger partial charge in [-0.05, 0) is 42.7 Å². The summed E-state index contributed by atoms with van der Waals surface area (Å²) in [6, 6.07) is 16.1. The zero-order valence-corrected chi connectivity index (χ0v) is 13.7. The van der Waals surface area contributed by atoms with Gasteiger partial charge in [0, 0.05) is 18.2 Å². The van der Waals surface area contributed by atoms with Crippen LogP contribution in [0.5, 0.6) is 0 Å². The van der Waals surface area contributed by atoms with Gasteiger partial charge in [0.25, 0.3) is 0 Å². The summed E-state index contributed by atoms with van der Waals surface area (Å²) in [5, 5.41) is 16.4. The molecule has 0 fully saturated rings. The van der Waals surface area contributed by atoms with Crippen molar-refractivity contribution in [3.63, 3.8) is 0 Å². The summed E-state index contributed by atoms with van der Waals surface area (Å²) >= 11 is 0. The van der Waals surface area contributed by atoms with Crippen molar-refractivity contribution >= 4 is 0 Å². The maximum absolute atomic E-state index is 13.0. The molecule has 0 amide bonds. The summed E-state index contributed by atoms with van der Waals surface area (Å²) in [6.07, 6.45) is 1.51. The van der Waals surface area contributed by atoms with E-state index < -0.39 is 0 Å². The van der Waals surface area contributed by atoms with Crippen LogP contribution in [-0.4, -0.2) is 21.9 Å². The van der Waals surface area contributed by atoms with E-state index in [2.05, 4.69) is 15.5 Å². The average Bonchev–Trinajstić information content (AvgIpc) is 3.12. The molecule has 0 bridgehead atoms. The Bertz CT molecular complexity index is 775. The molecule has 2 N–H and O–H groups in total. The van der Waals surface area contributed by atoms with E-state index in [9.17, 15) is 4.39 Å². The summed E-state index contributed by atoms with van der Waals surface area (Å²) in [5.74, 6) is 0.594. The molecule has 0 aliphatic heterocycles. The van der Waals surface area contributed by atoms with Gasteiger partial charge in [0.15, 0.2) is 0 Å². The van der Waals surface area contributed by atoms with Crippen molar-refractivity contribution in [2.24, 2.45) is 0 Å². The van der Waals surface area contributed by atoms with E-state index in [0.29, 0.717) is 30.2 Å². The largest absolute Gasteiger partial charge is 0.396 e. The fourth-order valence-electron chi connectivity index (χ4n) is 2.62. The lowest BCUT2D eigenvalue weighted by Crippen LogP contribution is -2.21. The van der Waals surface area contributed by atoms with Gasteiger partial charge in [-0.1, -0.05) is 35.5 Å². The number of rotatable bonds is 8. The Morgan fingerprint density at radius 2 is 1.84 bits per heavy atom. The molecule has 6 heteroatoms. The highest BCUT2D eigenvalue weighted by atomic mass is 19.1. The molecule has 0 saturated heterocycles. The Labute approximate surface area is 145 Å². The minimum Gasteiger partial charge on any atom is -0.396 e. The van der Waals surface area contributed by atoms with Crippen molar-refractivity contribution in [1.82, 2.24) is 15.5 Å². The van der Waals surface area contributed by atoms with Gasteiger partial charge >= 0.3 is 0 Å². The summed E-state index contributed by atoms with van der Waals surface area (Å²) in [4.78, 5) is 4.34. The minimum absolute atomic E-state index is 0.0921. The van der Waals surface area contributed by atoms with Gasteiger partial charge in [-0.15, -0.1) is 0 Å². The zero-order valence-electron chi connectivity index (χ0n) is 13.7. The first-order valence-corrected chi connectivity index (χ1v) is 8.24. The van der Waals surface area contributed by atoms with Gasteiger partial charge in [0.2, 0.25) is 11.7 Å². The van der Waals surface area contributed by atoms with Crippen LogP contribution >= 0.6 is 0 Å². The zero-order chi connectivity index (χ0) is 17.5. The molecular formula is C19H20FN3O2. The third kappa shape index (κ3) is 4.71. The normalized spacial score (nSPS) is 12.2. The Morgan fingerprint density at radius 3 is 2.56 bits per heavy atom. The second-order valence-electron chi connectivity index (χ2n) is 5.73. The number of nitrogens with zero attached hydrogens (tertiary/aromatic N) is 2. The highest BCUT2D eigenvalue weighted by molar-refractivity contribution is 5.53. The summed E-state index contributed by atoms with van der Waals surface area (Å²) < 4.78 is 18.3. The van der Waals surface area contributed by atoms with Crippen LogP contribution in [0.15, 0.2) is 59.1 Å². The van der Waals surface area contributed by atoms with E-state index >= 15 is 0 Å². The Hall–Kier alpha value is -2.57. The van der Waals surface area contributed by atoms with Crippen LogP contribution in [0.3, 0.4) is 0 Å². The number of aromatic nitrogens is 2. The highest BCUT2D eigenvalue weighted by Gasteiger charge is 2.13. The monoisotopic (exact) mass is 341 g/mol. The number of hydrogen-bond acceptors (Lipinski definition) is 5. The molecule has 3 rings (SSSR count). The third-order valence-electron chi connectivity index (χ3n) is 3.92. The molecule has 0 spiro atoms. The number of aliphatic hydroxyl groups is 1. The molecule has 1 unspecified atom stereocenters. The molecule has 130 valence electrons. The lowest BCUT2D eigenvalue weighted by Gasteiger charge is -2.17. The summed E-state index contributed by atoms with van der Waals surface area (Å²) in [6.45, 7) is 0.569. The van der Waals surface area contributed by atoms with Gasteiger partial charge in [0.1, 0.15) is 5.82 Å². The van der Waals surface area contributed by atoms with Crippen molar-refractivity contribution in [2.45, 2.75) is 25.4 Å². The highest BCUT2D eigenvalue weighted by Crippen LogP contribution is 2.20. The van der Waals surface area contributed by atoms with Crippen molar-refractivity contribution in [3.05, 3.63) is 71.9 Å². The van der Waals surface area contributed by atoms with E-state index in [1.165, 1.54) is 12.1 Å². The molecule has 0 radical (unpaired) electrons. The topological polar surface area (TPSA) is 71.2 Å². The Morgan fingerprint density at radius 1 is 1.08 bits per heavy atom. The molecule has 1 atom stereocenters. The molecule has 3 aromatic rings. The smallest absolute Gasteiger partial charge is 0.240 e. The van der Waals surface area contributed by atoms with E-state index in [0.717, 1.165) is 12.0 Å². The van der Waals surface area contributed by atoms with Crippen molar-refractivity contribution in [3.8, 4) is 11.4 Å². The minimum atomic E-state index is -0.302. The van der Waals surface area contributed by atoms with E-state index in [1.54, 1.807) is 12.1 Å². The second-order valence-corrected chi connectivity index (χ2v) is 5.73. The van der Waals surface area contributed by atoms with Crippen LogP contribution in [-0.2, 0) is 6.54 Å². The third-order valence-corrected chi connectivity index (χ3v) is 3.92.